The van der Waals surface area contributed by atoms with Gasteiger partial charge in [0.05, 0.1) is 23.5 Å². The van der Waals surface area contributed by atoms with Crippen LogP contribution >= 0.6 is 0 Å². The van der Waals surface area contributed by atoms with Crippen molar-refractivity contribution in [3.63, 3.8) is 0 Å². The highest BCUT2D eigenvalue weighted by atomic mass is 16.5. The number of para-hydroxylation sites is 1. The van der Waals surface area contributed by atoms with Crippen LogP contribution in [0.4, 0.5) is 0 Å². The second kappa shape index (κ2) is 7.64. The summed E-state index contributed by atoms with van der Waals surface area (Å²) in [7, 11) is 0. The van der Waals surface area contributed by atoms with Gasteiger partial charge in [-0.25, -0.2) is 0 Å². The molecule has 0 spiro atoms. The second-order valence-corrected chi connectivity index (χ2v) is 8.09. The smallest absolute Gasteiger partial charge is 0.173 e. The van der Waals surface area contributed by atoms with E-state index in [1.165, 1.54) is 12.5 Å². The number of fused-ring (bicyclic) bond motifs is 1. The normalized spacial score (nSPS) is 25.7. The number of hydrogen-bond donors (Lipinski definition) is 0. The van der Waals surface area contributed by atoms with Crippen LogP contribution in [0, 0.1) is 5.92 Å². The number of likely N-dealkylation sites (tertiary alicyclic amines) is 1. The number of Topliss-reactive ketones (excluding diaryl/α,β-unsaturated/α-hetero) is 1. The third-order valence-corrected chi connectivity index (χ3v) is 6.59. The Labute approximate surface area is 171 Å². The van der Waals surface area contributed by atoms with Gasteiger partial charge in [-0.2, -0.15) is 0 Å². The minimum Gasteiger partial charge on any atom is -0.545 e. The molecule has 1 saturated heterocycles. The third kappa shape index (κ3) is 3.14. The number of carboxylic acid groups (broad SMARTS) is 1. The largest absolute Gasteiger partial charge is 0.545 e. The van der Waals surface area contributed by atoms with E-state index in [4.69, 9.17) is 4.74 Å². The lowest BCUT2D eigenvalue weighted by Crippen LogP contribution is -2.60. The quantitative estimate of drug-likeness (QED) is 0.800. The molecule has 0 saturated carbocycles. The van der Waals surface area contributed by atoms with Gasteiger partial charge in [0.15, 0.2) is 11.4 Å². The zero-order chi connectivity index (χ0) is 20.6. The first-order valence-corrected chi connectivity index (χ1v) is 10.3. The first kappa shape index (κ1) is 19.6. The van der Waals surface area contributed by atoms with Crippen molar-refractivity contribution in [2.45, 2.75) is 44.8 Å². The molecular formula is C24H26NO4-. The van der Waals surface area contributed by atoms with Crippen LogP contribution in [0.25, 0.3) is 0 Å². The molecule has 2 heterocycles. The van der Waals surface area contributed by atoms with Gasteiger partial charge in [0, 0.05) is 5.56 Å². The predicted octanol–water partition coefficient (Wildman–Crippen LogP) is 3.03. The van der Waals surface area contributed by atoms with Crippen molar-refractivity contribution in [3.8, 4) is 5.75 Å². The average molecular weight is 392 g/mol. The van der Waals surface area contributed by atoms with E-state index in [1.807, 2.05) is 37.3 Å². The number of hydrogen-bond acceptors (Lipinski definition) is 5. The van der Waals surface area contributed by atoms with Gasteiger partial charge in [-0.05, 0) is 50.6 Å². The Bertz CT molecular complexity index is 920. The monoisotopic (exact) mass is 392 g/mol. The van der Waals surface area contributed by atoms with Crippen LogP contribution in [0.15, 0.2) is 48.5 Å². The fourth-order valence-electron chi connectivity index (χ4n) is 4.96. The zero-order valence-electron chi connectivity index (χ0n) is 16.9. The maximum absolute atomic E-state index is 13.5. The van der Waals surface area contributed by atoms with Gasteiger partial charge in [-0.15, -0.1) is 0 Å². The van der Waals surface area contributed by atoms with Crippen LogP contribution in [-0.2, 0) is 5.60 Å². The maximum Gasteiger partial charge on any atom is 0.173 e. The minimum absolute atomic E-state index is 0.0751. The van der Waals surface area contributed by atoms with Gasteiger partial charge in [0.25, 0.3) is 0 Å². The number of ether oxygens (including phenoxy) is 1. The molecule has 4 rings (SSSR count). The molecule has 0 bridgehead atoms. The Morgan fingerprint density at radius 2 is 1.79 bits per heavy atom. The van der Waals surface area contributed by atoms with E-state index in [2.05, 4.69) is 11.8 Å². The Kier molecular flexibility index (Phi) is 5.17. The number of carbonyl (C=O) groups is 2. The van der Waals surface area contributed by atoms with E-state index in [0.29, 0.717) is 5.56 Å². The van der Waals surface area contributed by atoms with Crippen LogP contribution < -0.4 is 9.84 Å². The predicted molar refractivity (Wildman–Crippen MR) is 108 cm³/mol. The van der Waals surface area contributed by atoms with Crippen LogP contribution in [-0.4, -0.2) is 35.8 Å². The average Bonchev–Trinajstić information content (AvgIpc) is 2.76. The molecule has 2 aromatic carbocycles. The van der Waals surface area contributed by atoms with Crippen molar-refractivity contribution in [3.05, 3.63) is 65.2 Å². The van der Waals surface area contributed by atoms with Crippen LogP contribution in [0.2, 0.25) is 0 Å². The topological polar surface area (TPSA) is 69.7 Å². The molecule has 29 heavy (non-hydrogen) atoms. The van der Waals surface area contributed by atoms with E-state index >= 15 is 0 Å². The standard InChI is InChI=1S/C24H27NO4/c1-16-21(26)19-12-9-13-20(23(27)28)22(19)29-24(16,18-10-5-3-6-11-18)17(2)25-14-7-4-8-15-25/h3,5-6,9-13,16-17H,4,7-8,14-15H2,1-2H3,(H,27,28)/p-1. The summed E-state index contributed by atoms with van der Waals surface area (Å²) in [6.45, 7) is 5.86. The summed E-state index contributed by atoms with van der Waals surface area (Å²) in [4.78, 5) is 27.6. The summed E-state index contributed by atoms with van der Waals surface area (Å²) in [6.07, 6.45) is 3.42. The van der Waals surface area contributed by atoms with E-state index < -0.39 is 17.5 Å². The van der Waals surface area contributed by atoms with Gasteiger partial charge in [0.1, 0.15) is 5.75 Å². The van der Waals surface area contributed by atoms with E-state index in [0.717, 1.165) is 31.5 Å². The molecular weight excluding hydrogens is 366 g/mol. The molecule has 2 aliphatic heterocycles. The summed E-state index contributed by atoms with van der Waals surface area (Å²) in [5.74, 6) is -1.77. The van der Waals surface area contributed by atoms with E-state index in [9.17, 15) is 14.7 Å². The number of carbonyl (C=O) groups excluding carboxylic acids is 2. The summed E-state index contributed by atoms with van der Waals surface area (Å²) in [6, 6.07) is 14.3. The summed E-state index contributed by atoms with van der Waals surface area (Å²) in [5.41, 5.74) is 0.150. The van der Waals surface area contributed by atoms with Crippen LogP contribution in [0.3, 0.4) is 0 Å². The molecule has 0 radical (unpaired) electrons. The highest BCUT2D eigenvalue weighted by Gasteiger charge is 2.54. The molecule has 5 nitrogen and oxygen atoms in total. The zero-order valence-corrected chi connectivity index (χ0v) is 16.9. The van der Waals surface area contributed by atoms with Gasteiger partial charge >= 0.3 is 0 Å². The Morgan fingerprint density at radius 1 is 1.10 bits per heavy atom. The highest BCUT2D eigenvalue weighted by Crippen LogP contribution is 2.48. The first-order chi connectivity index (χ1) is 14.0. The van der Waals surface area contributed by atoms with E-state index in [-0.39, 0.29) is 23.1 Å². The Morgan fingerprint density at radius 3 is 2.45 bits per heavy atom. The fraction of sp³-hybridized carbons (Fsp3) is 0.417. The Balaban J connectivity index is 1.91. The Hall–Kier alpha value is -2.66. The molecule has 152 valence electrons. The SMILES string of the molecule is CC1C(=O)c2cccc(C(=O)[O-])c2OC1(c1ccccc1)C(C)N1CCCCC1. The number of ketones is 1. The molecule has 2 aliphatic rings. The number of piperidine rings is 1. The van der Waals surface area contributed by atoms with Crippen molar-refractivity contribution < 1.29 is 19.4 Å². The van der Waals surface area contributed by atoms with Crippen molar-refractivity contribution in [1.82, 2.24) is 4.90 Å². The molecule has 5 heteroatoms. The molecule has 2 aromatic rings. The fourth-order valence-corrected chi connectivity index (χ4v) is 4.96. The maximum atomic E-state index is 13.5. The van der Waals surface area contributed by atoms with Crippen LogP contribution in [0.5, 0.6) is 5.75 Å². The molecule has 1 fully saturated rings. The molecule has 0 amide bonds. The van der Waals surface area contributed by atoms with Gasteiger partial charge < -0.3 is 14.6 Å². The summed E-state index contributed by atoms with van der Waals surface area (Å²) in [5, 5.41) is 11.8. The van der Waals surface area contributed by atoms with Crippen LogP contribution in [0.1, 0.15) is 59.4 Å². The van der Waals surface area contributed by atoms with E-state index in [1.54, 1.807) is 12.1 Å². The lowest BCUT2D eigenvalue weighted by atomic mass is 9.71. The molecule has 0 aromatic heterocycles. The van der Waals surface area contributed by atoms with Crippen molar-refractivity contribution in [1.29, 1.82) is 0 Å². The summed E-state index contributed by atoms with van der Waals surface area (Å²) >= 11 is 0. The molecule has 3 atom stereocenters. The minimum atomic E-state index is -1.34. The first-order valence-electron chi connectivity index (χ1n) is 10.3. The van der Waals surface area contributed by atoms with Crippen molar-refractivity contribution in [2.75, 3.05) is 13.1 Å². The molecule has 0 N–H and O–H groups in total. The number of benzene rings is 2. The number of carboxylic acids is 1. The number of rotatable bonds is 4. The summed E-state index contributed by atoms with van der Waals surface area (Å²) < 4.78 is 6.61. The van der Waals surface area contributed by atoms with Crippen molar-refractivity contribution >= 4 is 11.8 Å². The van der Waals surface area contributed by atoms with Crippen molar-refractivity contribution in [2.24, 2.45) is 5.92 Å². The van der Waals surface area contributed by atoms with Gasteiger partial charge in [-0.3, -0.25) is 9.69 Å². The van der Waals surface area contributed by atoms with Gasteiger partial charge in [0.2, 0.25) is 0 Å². The lowest BCUT2D eigenvalue weighted by Gasteiger charge is -2.51. The number of nitrogens with zero attached hydrogens (tertiary/aromatic N) is 1. The third-order valence-electron chi connectivity index (χ3n) is 6.59. The molecule has 0 aliphatic carbocycles. The number of aromatic carboxylic acids is 1. The van der Waals surface area contributed by atoms with Gasteiger partial charge in [-0.1, -0.05) is 49.7 Å². The second-order valence-electron chi connectivity index (χ2n) is 8.09. The lowest BCUT2D eigenvalue weighted by molar-refractivity contribution is -0.255. The highest BCUT2D eigenvalue weighted by molar-refractivity contribution is 6.05. The molecule has 3 unspecified atom stereocenters.